The van der Waals surface area contributed by atoms with Crippen molar-refractivity contribution >= 4 is 39.0 Å². The number of sulfonamides is 1. The Morgan fingerprint density at radius 1 is 1.23 bits per heavy atom. The van der Waals surface area contributed by atoms with E-state index in [0.29, 0.717) is 13.1 Å². The van der Waals surface area contributed by atoms with Crippen molar-refractivity contribution in [1.29, 1.82) is 0 Å². The maximum absolute atomic E-state index is 12.4. The molecular weight excluding hydrogens is 390 g/mol. The third-order valence-corrected chi connectivity index (χ3v) is 7.86. The second kappa shape index (κ2) is 9.07. The van der Waals surface area contributed by atoms with Gasteiger partial charge >= 0.3 is 0 Å². The van der Waals surface area contributed by atoms with Crippen molar-refractivity contribution in [3.63, 3.8) is 0 Å². The van der Waals surface area contributed by atoms with Crippen molar-refractivity contribution in [2.24, 2.45) is 0 Å². The van der Waals surface area contributed by atoms with E-state index in [1.807, 2.05) is 45.9 Å². The van der Waals surface area contributed by atoms with Crippen molar-refractivity contribution in [3.05, 3.63) is 46.9 Å². The van der Waals surface area contributed by atoms with Crippen LogP contribution in [0.4, 0.5) is 0 Å². The lowest BCUT2D eigenvalue weighted by molar-refractivity contribution is -0.121. The van der Waals surface area contributed by atoms with Crippen molar-refractivity contribution in [2.45, 2.75) is 12.5 Å². The molecule has 3 rings (SSSR count). The molecule has 9 heteroatoms. The molecule has 1 aliphatic heterocycles. The largest absolute Gasteiger partial charge is 0.355 e. The first-order valence-electron chi connectivity index (χ1n) is 8.53. The van der Waals surface area contributed by atoms with Crippen LogP contribution >= 0.6 is 23.1 Å². The number of hydrogen-bond donors (Lipinski definition) is 1. The summed E-state index contributed by atoms with van der Waals surface area (Å²) in [6, 6.07) is 5.80. The smallest absolute Gasteiger partial charge is 0.222 e. The van der Waals surface area contributed by atoms with E-state index in [-0.39, 0.29) is 30.7 Å². The van der Waals surface area contributed by atoms with E-state index >= 15 is 0 Å². The lowest BCUT2D eigenvalue weighted by Crippen LogP contribution is -2.42. The quantitative estimate of drug-likeness (QED) is 0.719. The van der Waals surface area contributed by atoms with Gasteiger partial charge in [0, 0.05) is 43.5 Å². The number of carbonyl (C=O) groups is 1. The molecule has 0 saturated carbocycles. The highest BCUT2D eigenvalue weighted by molar-refractivity contribution is 7.99. The van der Waals surface area contributed by atoms with E-state index in [1.165, 1.54) is 4.31 Å². The van der Waals surface area contributed by atoms with Gasteiger partial charge in [0.05, 0.1) is 18.2 Å². The Balaban J connectivity index is 1.53. The Hall–Kier alpha value is -1.29. The highest BCUT2D eigenvalue weighted by atomic mass is 32.2. The van der Waals surface area contributed by atoms with Gasteiger partial charge in [-0.1, -0.05) is 0 Å². The zero-order valence-electron chi connectivity index (χ0n) is 14.4. The van der Waals surface area contributed by atoms with Gasteiger partial charge in [0.2, 0.25) is 15.9 Å². The van der Waals surface area contributed by atoms with Gasteiger partial charge in [0.25, 0.3) is 0 Å². The fourth-order valence-corrected chi connectivity index (χ4v) is 6.14. The summed E-state index contributed by atoms with van der Waals surface area (Å²) in [6.45, 7) is 1.27. The van der Waals surface area contributed by atoms with Crippen molar-refractivity contribution in [1.82, 2.24) is 14.2 Å². The maximum atomic E-state index is 12.4. The van der Waals surface area contributed by atoms with E-state index < -0.39 is 10.0 Å². The zero-order valence-corrected chi connectivity index (χ0v) is 16.9. The van der Waals surface area contributed by atoms with E-state index in [0.717, 1.165) is 17.1 Å². The molecule has 0 aromatic carbocycles. The molecule has 0 unspecified atom stereocenters. The number of rotatable bonds is 8. The molecule has 0 aliphatic carbocycles. The summed E-state index contributed by atoms with van der Waals surface area (Å²) in [4.78, 5) is 12.4. The standard InChI is InChI=1S/C17H23N3O3S3/c21-17(18-4-12-26(22,23)20-7-10-24-11-8-20)13-16(15-3-9-25-14-15)19-5-1-2-6-19/h1-3,5-6,9,14,16H,4,7-8,10-13H2,(H,18,21)/t16-/m0/s1. The highest BCUT2D eigenvalue weighted by Crippen LogP contribution is 2.24. The second-order valence-electron chi connectivity index (χ2n) is 6.08. The summed E-state index contributed by atoms with van der Waals surface area (Å²) in [5.74, 6) is 1.49. The van der Waals surface area contributed by atoms with Crippen LogP contribution < -0.4 is 5.32 Å². The zero-order chi connectivity index (χ0) is 18.4. The summed E-state index contributed by atoms with van der Waals surface area (Å²) >= 11 is 3.37. The van der Waals surface area contributed by atoms with Crippen LogP contribution in [0.3, 0.4) is 0 Å². The Bertz CT molecular complexity index is 748. The summed E-state index contributed by atoms with van der Waals surface area (Å²) in [5.41, 5.74) is 1.08. The van der Waals surface area contributed by atoms with E-state index in [2.05, 4.69) is 5.32 Å². The molecule has 1 aliphatic rings. The molecular formula is C17H23N3O3S3. The number of hydrogen-bond acceptors (Lipinski definition) is 5. The highest BCUT2D eigenvalue weighted by Gasteiger charge is 2.24. The summed E-state index contributed by atoms with van der Waals surface area (Å²) in [5, 5.41) is 6.80. The molecule has 26 heavy (non-hydrogen) atoms. The first-order valence-corrected chi connectivity index (χ1v) is 12.2. The molecule has 1 saturated heterocycles. The van der Waals surface area contributed by atoms with E-state index in [4.69, 9.17) is 0 Å². The number of nitrogens with one attached hydrogen (secondary N) is 1. The molecule has 1 atom stereocenters. The molecule has 2 aromatic heterocycles. The molecule has 3 heterocycles. The average Bonchev–Trinajstić information content (AvgIpc) is 3.34. The van der Waals surface area contributed by atoms with E-state index in [9.17, 15) is 13.2 Å². The number of aromatic nitrogens is 1. The monoisotopic (exact) mass is 413 g/mol. The topological polar surface area (TPSA) is 71.4 Å². The minimum atomic E-state index is -3.29. The van der Waals surface area contributed by atoms with Crippen LogP contribution in [0.5, 0.6) is 0 Å². The fraction of sp³-hybridized carbons (Fsp3) is 0.471. The lowest BCUT2D eigenvalue weighted by atomic mass is 10.1. The first kappa shape index (κ1) is 19.5. The molecule has 6 nitrogen and oxygen atoms in total. The van der Waals surface area contributed by atoms with Gasteiger partial charge in [0.1, 0.15) is 0 Å². The molecule has 2 aromatic rings. The van der Waals surface area contributed by atoms with Crippen LogP contribution in [-0.4, -0.2) is 60.1 Å². The second-order valence-corrected chi connectivity index (χ2v) is 10.2. The molecule has 0 bridgehead atoms. The minimum Gasteiger partial charge on any atom is -0.355 e. The van der Waals surface area contributed by atoms with E-state index in [1.54, 1.807) is 23.1 Å². The lowest BCUT2D eigenvalue weighted by Gasteiger charge is -2.25. The molecule has 1 fully saturated rings. The third-order valence-electron chi connectivity index (χ3n) is 4.34. The number of nitrogens with zero attached hydrogens (tertiary/aromatic N) is 2. The maximum Gasteiger partial charge on any atom is 0.222 e. The average molecular weight is 414 g/mol. The summed E-state index contributed by atoms with van der Waals surface area (Å²) in [6.07, 6.45) is 4.16. The number of thioether (sulfide) groups is 1. The number of thiophene rings is 1. The van der Waals surface area contributed by atoms with Gasteiger partial charge in [-0.2, -0.15) is 23.1 Å². The SMILES string of the molecule is O=C(C[C@@H](c1ccsc1)n1cccc1)NCCS(=O)(=O)N1CCSCC1. The van der Waals surface area contributed by atoms with Crippen LogP contribution in [0.2, 0.25) is 0 Å². The molecule has 142 valence electrons. The van der Waals surface area contributed by atoms with Crippen molar-refractivity contribution < 1.29 is 13.2 Å². The summed E-state index contributed by atoms with van der Waals surface area (Å²) < 4.78 is 28.2. The minimum absolute atomic E-state index is 0.0456. The first-order chi connectivity index (χ1) is 12.6. The van der Waals surface area contributed by atoms with Gasteiger partial charge in [-0.15, -0.1) is 0 Å². The number of carbonyl (C=O) groups excluding carboxylic acids is 1. The van der Waals surface area contributed by atoms with Crippen LogP contribution in [0.1, 0.15) is 18.0 Å². The van der Waals surface area contributed by atoms with Crippen LogP contribution in [-0.2, 0) is 14.8 Å². The Labute approximate surface area is 162 Å². The van der Waals surface area contributed by atoms with Gasteiger partial charge in [-0.3, -0.25) is 4.79 Å². The predicted molar refractivity (Wildman–Crippen MR) is 107 cm³/mol. The third kappa shape index (κ3) is 5.12. The summed E-state index contributed by atoms with van der Waals surface area (Å²) in [7, 11) is -3.29. The van der Waals surface area contributed by atoms with Crippen LogP contribution in [0, 0.1) is 0 Å². The Morgan fingerprint density at radius 2 is 1.96 bits per heavy atom. The van der Waals surface area contributed by atoms with Crippen molar-refractivity contribution in [2.75, 3.05) is 36.9 Å². The van der Waals surface area contributed by atoms with Crippen LogP contribution in [0.15, 0.2) is 41.4 Å². The number of amides is 1. The van der Waals surface area contributed by atoms with Crippen molar-refractivity contribution in [3.8, 4) is 0 Å². The molecule has 1 N–H and O–H groups in total. The Morgan fingerprint density at radius 3 is 2.62 bits per heavy atom. The molecule has 0 radical (unpaired) electrons. The van der Waals surface area contributed by atoms with Gasteiger partial charge in [-0.05, 0) is 34.5 Å². The molecule has 0 spiro atoms. The van der Waals surface area contributed by atoms with Crippen LogP contribution in [0.25, 0.3) is 0 Å². The fourth-order valence-electron chi connectivity index (χ4n) is 2.94. The van der Waals surface area contributed by atoms with Gasteiger partial charge in [0.15, 0.2) is 0 Å². The normalized spacial score (nSPS) is 17.1. The Kier molecular flexibility index (Phi) is 6.80. The van der Waals surface area contributed by atoms with Gasteiger partial charge in [-0.25, -0.2) is 12.7 Å². The molecule has 1 amide bonds. The van der Waals surface area contributed by atoms with Gasteiger partial charge < -0.3 is 9.88 Å². The predicted octanol–water partition coefficient (Wildman–Crippen LogP) is 2.02.